The van der Waals surface area contributed by atoms with Gasteiger partial charge in [-0.05, 0) is 25.1 Å². The Labute approximate surface area is 193 Å². The molecule has 1 saturated heterocycles. The smallest absolute Gasteiger partial charge is 0.244 e. The van der Waals surface area contributed by atoms with Crippen molar-refractivity contribution < 1.29 is 4.79 Å². The molecule has 0 aromatic heterocycles. The second kappa shape index (κ2) is 12.9. The van der Waals surface area contributed by atoms with Crippen LogP contribution in [0.3, 0.4) is 0 Å². The number of rotatable bonds is 7. The van der Waals surface area contributed by atoms with Gasteiger partial charge in [0.05, 0.1) is 0 Å². The number of halogens is 2. The number of piperazine rings is 1. The van der Waals surface area contributed by atoms with E-state index in [9.17, 15) is 4.79 Å². The molecule has 0 spiro atoms. The van der Waals surface area contributed by atoms with Gasteiger partial charge in [0.1, 0.15) is 6.04 Å². The van der Waals surface area contributed by atoms with Gasteiger partial charge in [-0.15, -0.1) is 24.8 Å². The van der Waals surface area contributed by atoms with Crippen LogP contribution in [0, 0.1) is 6.92 Å². The lowest BCUT2D eigenvalue weighted by atomic mass is 10.0. The predicted octanol–water partition coefficient (Wildman–Crippen LogP) is 3.11. The Bertz CT molecular complexity index is 750. The van der Waals surface area contributed by atoms with E-state index in [1.54, 1.807) is 0 Å². The lowest BCUT2D eigenvalue weighted by Gasteiger charge is -2.36. The number of amides is 1. The first-order valence-electron chi connectivity index (χ1n) is 10.1. The quantitative estimate of drug-likeness (QED) is 0.700. The van der Waals surface area contributed by atoms with Crippen LogP contribution in [0.5, 0.6) is 0 Å². The zero-order valence-electron chi connectivity index (χ0n) is 17.9. The second-order valence-corrected chi connectivity index (χ2v) is 7.78. The average Bonchev–Trinajstić information content (AvgIpc) is 2.73. The molecule has 0 bridgehead atoms. The molecule has 30 heavy (non-hydrogen) atoms. The maximum absolute atomic E-state index is 12.7. The summed E-state index contributed by atoms with van der Waals surface area (Å²) in [5.41, 5.74) is 9.62. The molecule has 0 saturated carbocycles. The summed E-state index contributed by atoms with van der Waals surface area (Å²) >= 11 is 0. The van der Waals surface area contributed by atoms with Gasteiger partial charge in [0, 0.05) is 45.8 Å². The lowest BCUT2D eigenvalue weighted by molar-refractivity contribution is -0.134. The molecule has 2 aromatic carbocycles. The third-order valence-electron chi connectivity index (χ3n) is 5.48. The minimum Gasteiger partial charge on any atom is -0.338 e. The highest BCUT2D eigenvalue weighted by Gasteiger charge is 2.26. The first kappa shape index (κ1) is 26.4. The molecule has 1 amide bonds. The molecule has 7 heteroatoms. The topological polar surface area (TPSA) is 52.8 Å². The van der Waals surface area contributed by atoms with Crippen LogP contribution in [0.25, 0.3) is 0 Å². The predicted molar refractivity (Wildman–Crippen MR) is 128 cm³/mol. The highest BCUT2D eigenvalue weighted by Crippen LogP contribution is 2.15. The Kier molecular flexibility index (Phi) is 11.4. The normalized spacial score (nSPS) is 15.3. The van der Waals surface area contributed by atoms with E-state index in [0.29, 0.717) is 0 Å². The fraction of sp³-hybridized carbons (Fsp3) is 0.435. The molecule has 0 radical (unpaired) electrons. The van der Waals surface area contributed by atoms with Gasteiger partial charge in [-0.1, -0.05) is 60.2 Å². The van der Waals surface area contributed by atoms with E-state index in [0.717, 1.165) is 51.4 Å². The van der Waals surface area contributed by atoms with Crippen molar-refractivity contribution in [2.24, 2.45) is 5.73 Å². The van der Waals surface area contributed by atoms with Crippen molar-refractivity contribution in [2.75, 3.05) is 46.3 Å². The average molecular weight is 453 g/mol. The van der Waals surface area contributed by atoms with Gasteiger partial charge in [0.25, 0.3) is 0 Å². The Morgan fingerprint density at radius 1 is 1.00 bits per heavy atom. The van der Waals surface area contributed by atoms with Crippen molar-refractivity contribution >= 4 is 30.7 Å². The molecule has 1 heterocycles. The van der Waals surface area contributed by atoms with Crippen molar-refractivity contribution in [1.82, 2.24) is 14.7 Å². The maximum atomic E-state index is 12.7. The maximum Gasteiger partial charge on any atom is 0.244 e. The summed E-state index contributed by atoms with van der Waals surface area (Å²) in [4.78, 5) is 19.4. The Balaban J connectivity index is 0.00000225. The number of hydrogen-bond donors (Lipinski definition) is 1. The van der Waals surface area contributed by atoms with Crippen molar-refractivity contribution in [3.05, 3.63) is 71.3 Å². The van der Waals surface area contributed by atoms with Gasteiger partial charge in [0.15, 0.2) is 0 Å². The molecule has 1 atom stereocenters. The summed E-state index contributed by atoms with van der Waals surface area (Å²) in [6.07, 6.45) is 0. The molecule has 2 aromatic rings. The number of hydrogen-bond acceptors (Lipinski definition) is 4. The van der Waals surface area contributed by atoms with Crippen LogP contribution < -0.4 is 5.73 Å². The SMILES string of the molecule is Cc1ccc(C(N)C(=O)N2CCN(CCN(C)Cc3ccccc3)CC2)cc1.Cl.Cl. The van der Waals surface area contributed by atoms with Crippen LogP contribution in [0.4, 0.5) is 0 Å². The third kappa shape index (κ3) is 7.56. The molecular formula is C23H34Cl2N4O. The molecule has 1 aliphatic rings. The first-order chi connectivity index (χ1) is 13.5. The largest absolute Gasteiger partial charge is 0.338 e. The highest BCUT2D eigenvalue weighted by molar-refractivity contribution is 5.85. The van der Waals surface area contributed by atoms with E-state index in [2.05, 4.69) is 47.2 Å². The first-order valence-corrected chi connectivity index (χ1v) is 10.1. The zero-order valence-corrected chi connectivity index (χ0v) is 19.5. The van der Waals surface area contributed by atoms with Crippen molar-refractivity contribution in [2.45, 2.75) is 19.5 Å². The van der Waals surface area contributed by atoms with E-state index in [-0.39, 0.29) is 30.7 Å². The Morgan fingerprint density at radius 3 is 2.20 bits per heavy atom. The second-order valence-electron chi connectivity index (χ2n) is 7.78. The fourth-order valence-corrected chi connectivity index (χ4v) is 3.59. The summed E-state index contributed by atoms with van der Waals surface area (Å²) < 4.78 is 0. The van der Waals surface area contributed by atoms with E-state index < -0.39 is 6.04 Å². The van der Waals surface area contributed by atoms with Gasteiger partial charge in [0.2, 0.25) is 5.91 Å². The number of nitrogens with zero attached hydrogens (tertiary/aromatic N) is 3. The number of carbonyl (C=O) groups is 1. The number of nitrogens with two attached hydrogens (primary N) is 1. The summed E-state index contributed by atoms with van der Waals surface area (Å²) in [7, 11) is 2.16. The summed E-state index contributed by atoms with van der Waals surface area (Å²) in [5, 5.41) is 0. The molecule has 5 nitrogen and oxygen atoms in total. The molecule has 2 N–H and O–H groups in total. The molecule has 166 valence electrons. The van der Waals surface area contributed by atoms with Crippen LogP contribution in [-0.4, -0.2) is 66.9 Å². The Hall–Kier alpha value is -1.63. The fourth-order valence-electron chi connectivity index (χ4n) is 3.59. The minimum atomic E-state index is -0.566. The standard InChI is InChI=1S/C23H32N4O.2ClH/c1-19-8-10-21(11-9-19)22(24)23(28)27-16-14-26(15-17-27)13-12-25(2)18-20-6-4-3-5-7-20;;/h3-11,22H,12-18,24H2,1-2H3;2*1H. The number of aryl methyl sites for hydroxylation is 1. The monoisotopic (exact) mass is 452 g/mol. The molecule has 3 rings (SSSR count). The number of carbonyl (C=O) groups excluding carboxylic acids is 1. The van der Waals surface area contributed by atoms with Gasteiger partial charge in [-0.3, -0.25) is 9.69 Å². The van der Waals surface area contributed by atoms with Crippen LogP contribution in [0.1, 0.15) is 22.7 Å². The highest BCUT2D eigenvalue weighted by atomic mass is 35.5. The molecule has 0 aliphatic carbocycles. The van der Waals surface area contributed by atoms with E-state index in [1.165, 1.54) is 11.1 Å². The van der Waals surface area contributed by atoms with E-state index >= 15 is 0 Å². The number of benzene rings is 2. The molecule has 1 fully saturated rings. The van der Waals surface area contributed by atoms with Crippen molar-refractivity contribution in [3.63, 3.8) is 0 Å². The Morgan fingerprint density at radius 2 is 1.60 bits per heavy atom. The van der Waals surface area contributed by atoms with Crippen molar-refractivity contribution in [1.29, 1.82) is 0 Å². The zero-order chi connectivity index (χ0) is 19.9. The van der Waals surface area contributed by atoms with Crippen LogP contribution in [0.2, 0.25) is 0 Å². The number of likely N-dealkylation sites (N-methyl/N-ethyl adjacent to an activating group) is 1. The summed E-state index contributed by atoms with van der Waals surface area (Å²) in [6, 6.07) is 17.9. The molecule has 1 aliphatic heterocycles. The van der Waals surface area contributed by atoms with Crippen LogP contribution >= 0.6 is 24.8 Å². The van der Waals surface area contributed by atoms with E-state index in [1.807, 2.05) is 36.1 Å². The summed E-state index contributed by atoms with van der Waals surface area (Å²) in [5.74, 6) is 0.0321. The van der Waals surface area contributed by atoms with E-state index in [4.69, 9.17) is 5.73 Å². The van der Waals surface area contributed by atoms with Gasteiger partial charge >= 0.3 is 0 Å². The van der Waals surface area contributed by atoms with Crippen LogP contribution in [0.15, 0.2) is 54.6 Å². The van der Waals surface area contributed by atoms with Gasteiger partial charge in [-0.25, -0.2) is 0 Å². The van der Waals surface area contributed by atoms with Crippen LogP contribution in [-0.2, 0) is 11.3 Å². The lowest BCUT2D eigenvalue weighted by Crippen LogP contribution is -2.52. The third-order valence-corrected chi connectivity index (χ3v) is 5.48. The minimum absolute atomic E-state index is 0. The van der Waals surface area contributed by atoms with Gasteiger partial charge in [-0.2, -0.15) is 0 Å². The molecule has 1 unspecified atom stereocenters. The van der Waals surface area contributed by atoms with Gasteiger partial charge < -0.3 is 15.5 Å². The molecular weight excluding hydrogens is 419 g/mol. The van der Waals surface area contributed by atoms with Crippen molar-refractivity contribution in [3.8, 4) is 0 Å². The summed E-state index contributed by atoms with van der Waals surface area (Å²) in [6.45, 7) is 8.36.